The van der Waals surface area contributed by atoms with Gasteiger partial charge in [0.2, 0.25) is 0 Å². The molecule has 3 rings (SSSR count). The van der Waals surface area contributed by atoms with Crippen LogP contribution in [0, 0.1) is 0 Å². The van der Waals surface area contributed by atoms with Gasteiger partial charge in [-0.05, 0) is 31.0 Å². The molecule has 8 heteroatoms. The third-order valence-electron chi connectivity index (χ3n) is 3.96. The highest BCUT2D eigenvalue weighted by Crippen LogP contribution is 2.27. The van der Waals surface area contributed by atoms with Crippen molar-refractivity contribution in [3.63, 3.8) is 0 Å². The molecule has 0 spiro atoms. The smallest absolute Gasteiger partial charge is 0.269 e. The van der Waals surface area contributed by atoms with Crippen LogP contribution in [-0.2, 0) is 0 Å². The zero-order chi connectivity index (χ0) is 16.9. The molecule has 1 aromatic carbocycles. The minimum Gasteiger partial charge on any atom is -0.393 e. The largest absolute Gasteiger partial charge is 0.393 e. The van der Waals surface area contributed by atoms with Crippen molar-refractivity contribution in [3.8, 4) is 0 Å². The number of aromatic nitrogens is 2. The highest BCUT2D eigenvalue weighted by molar-refractivity contribution is 6.30. The Balaban J connectivity index is 1.65. The molecule has 5 N–H and O–H groups in total. The lowest BCUT2D eigenvalue weighted by molar-refractivity contribution is 0.0962. The number of nitrogens with one attached hydrogen (secondary N) is 3. The Morgan fingerprint density at radius 1 is 1.21 bits per heavy atom. The minimum atomic E-state index is -0.333. The molecule has 0 unspecified atom stereocenters. The number of nitrogens with zero attached hydrogens (tertiary/aromatic N) is 2. The maximum atomic E-state index is 12.1. The van der Waals surface area contributed by atoms with Crippen molar-refractivity contribution >= 4 is 34.8 Å². The lowest BCUT2D eigenvalue weighted by atomic mass is 10.2. The van der Waals surface area contributed by atoms with Crippen LogP contribution in [0.1, 0.15) is 36.0 Å². The van der Waals surface area contributed by atoms with Crippen molar-refractivity contribution < 1.29 is 4.79 Å². The number of anilines is 3. The van der Waals surface area contributed by atoms with Crippen LogP contribution >= 0.6 is 11.6 Å². The highest BCUT2D eigenvalue weighted by atomic mass is 35.5. The minimum absolute atomic E-state index is 0.333. The molecular weight excluding hydrogens is 328 g/mol. The molecule has 0 aliphatic heterocycles. The van der Waals surface area contributed by atoms with Crippen LogP contribution in [0.2, 0.25) is 5.02 Å². The zero-order valence-corrected chi connectivity index (χ0v) is 13.8. The van der Waals surface area contributed by atoms with E-state index in [9.17, 15) is 4.79 Å². The predicted octanol–water partition coefficient (Wildman–Crippen LogP) is 2.82. The summed E-state index contributed by atoms with van der Waals surface area (Å²) in [5.41, 5.74) is 12.2. The van der Waals surface area contributed by atoms with Crippen LogP contribution in [-0.4, -0.2) is 21.9 Å². The van der Waals surface area contributed by atoms with E-state index < -0.39 is 0 Å². The average molecular weight is 347 g/mol. The van der Waals surface area contributed by atoms with E-state index in [1.165, 1.54) is 19.2 Å². The summed E-state index contributed by atoms with van der Waals surface area (Å²) in [5.74, 6) is 0.595. The van der Waals surface area contributed by atoms with Crippen LogP contribution in [0.15, 0.2) is 30.6 Å². The first kappa shape index (κ1) is 16.3. The molecule has 1 fully saturated rings. The summed E-state index contributed by atoms with van der Waals surface area (Å²) < 4.78 is 0. The quantitative estimate of drug-likeness (QED) is 0.620. The van der Waals surface area contributed by atoms with E-state index in [1.54, 1.807) is 24.3 Å². The van der Waals surface area contributed by atoms with Crippen molar-refractivity contribution in [3.05, 3.63) is 41.2 Å². The van der Waals surface area contributed by atoms with Gasteiger partial charge in [0, 0.05) is 16.6 Å². The van der Waals surface area contributed by atoms with E-state index in [4.69, 9.17) is 17.3 Å². The van der Waals surface area contributed by atoms with Gasteiger partial charge in [-0.3, -0.25) is 15.6 Å². The number of hydrogen-bond acceptors (Lipinski definition) is 6. The summed E-state index contributed by atoms with van der Waals surface area (Å²) >= 11 is 5.88. The van der Waals surface area contributed by atoms with E-state index in [2.05, 4.69) is 26.1 Å². The monoisotopic (exact) mass is 346 g/mol. The predicted molar refractivity (Wildman–Crippen MR) is 94.9 cm³/mol. The number of carbonyl (C=O) groups excluding carboxylic acids is 1. The number of nitrogens with two attached hydrogens (primary N) is 1. The molecule has 24 heavy (non-hydrogen) atoms. The van der Waals surface area contributed by atoms with Gasteiger partial charge in [-0.2, -0.15) is 0 Å². The SMILES string of the molecule is Nc1c(NNC(=O)c2cccc(Cl)c2)ncnc1NC1CCCC1. The Labute approximate surface area is 145 Å². The molecule has 7 nitrogen and oxygen atoms in total. The second-order valence-corrected chi connectivity index (χ2v) is 6.14. The summed E-state index contributed by atoms with van der Waals surface area (Å²) in [6, 6.07) is 7.04. The topological polar surface area (TPSA) is 105 Å². The zero-order valence-electron chi connectivity index (χ0n) is 13.1. The van der Waals surface area contributed by atoms with Gasteiger partial charge in [-0.15, -0.1) is 0 Å². The number of carbonyl (C=O) groups is 1. The lowest BCUT2D eigenvalue weighted by Crippen LogP contribution is -2.30. The van der Waals surface area contributed by atoms with Crippen LogP contribution in [0.4, 0.5) is 17.3 Å². The molecule has 126 valence electrons. The van der Waals surface area contributed by atoms with Crippen molar-refractivity contribution in [2.24, 2.45) is 0 Å². The second-order valence-electron chi connectivity index (χ2n) is 5.70. The number of rotatable bonds is 5. The summed E-state index contributed by atoms with van der Waals surface area (Å²) in [6.45, 7) is 0. The first-order chi connectivity index (χ1) is 11.6. The number of hydrazine groups is 1. The van der Waals surface area contributed by atoms with Gasteiger partial charge in [0.15, 0.2) is 11.6 Å². The van der Waals surface area contributed by atoms with Gasteiger partial charge in [-0.25, -0.2) is 9.97 Å². The first-order valence-electron chi connectivity index (χ1n) is 7.82. The van der Waals surface area contributed by atoms with Gasteiger partial charge in [0.05, 0.1) is 0 Å². The summed E-state index contributed by atoms with van der Waals surface area (Å²) in [4.78, 5) is 20.4. The number of amides is 1. The molecule has 1 aliphatic rings. The van der Waals surface area contributed by atoms with Crippen LogP contribution in [0.25, 0.3) is 0 Å². The standard InChI is InChI=1S/C16H19ClN6O/c17-11-5-3-4-10(8-11)16(24)23-22-15-13(18)14(19-9-20-15)21-12-6-1-2-7-12/h3-5,8-9,12H,1-2,6-7,18H2,(H,23,24)(H2,19,20,21,22). The van der Waals surface area contributed by atoms with E-state index >= 15 is 0 Å². The van der Waals surface area contributed by atoms with Gasteiger partial charge in [0.25, 0.3) is 5.91 Å². The van der Waals surface area contributed by atoms with Crippen molar-refractivity contribution in [1.29, 1.82) is 0 Å². The van der Waals surface area contributed by atoms with Gasteiger partial charge in [0.1, 0.15) is 12.0 Å². The van der Waals surface area contributed by atoms with Crippen molar-refractivity contribution in [2.75, 3.05) is 16.5 Å². The Hall–Kier alpha value is -2.54. The molecule has 1 heterocycles. The van der Waals surface area contributed by atoms with Crippen molar-refractivity contribution in [2.45, 2.75) is 31.7 Å². The van der Waals surface area contributed by atoms with E-state index in [0.717, 1.165) is 12.8 Å². The number of halogens is 1. The normalized spacial score (nSPS) is 14.4. The highest BCUT2D eigenvalue weighted by Gasteiger charge is 2.17. The van der Waals surface area contributed by atoms with E-state index in [-0.39, 0.29) is 5.91 Å². The van der Waals surface area contributed by atoms with Gasteiger partial charge >= 0.3 is 0 Å². The Morgan fingerprint density at radius 3 is 2.71 bits per heavy atom. The second kappa shape index (κ2) is 7.35. The molecule has 0 saturated heterocycles. The van der Waals surface area contributed by atoms with E-state index in [0.29, 0.717) is 34.0 Å². The molecule has 2 aromatic rings. The maximum Gasteiger partial charge on any atom is 0.269 e. The molecule has 1 saturated carbocycles. The van der Waals surface area contributed by atoms with Gasteiger partial charge < -0.3 is 11.1 Å². The van der Waals surface area contributed by atoms with Crippen LogP contribution in [0.3, 0.4) is 0 Å². The summed E-state index contributed by atoms with van der Waals surface area (Å²) in [7, 11) is 0. The fraction of sp³-hybridized carbons (Fsp3) is 0.312. The first-order valence-corrected chi connectivity index (χ1v) is 8.20. The Bertz CT molecular complexity index is 732. The fourth-order valence-electron chi connectivity index (χ4n) is 2.69. The molecule has 1 aliphatic carbocycles. The van der Waals surface area contributed by atoms with Crippen LogP contribution in [0.5, 0.6) is 0 Å². The Morgan fingerprint density at radius 2 is 1.96 bits per heavy atom. The third-order valence-corrected chi connectivity index (χ3v) is 4.20. The summed E-state index contributed by atoms with van der Waals surface area (Å²) in [6.07, 6.45) is 6.05. The Kier molecular flexibility index (Phi) is 5.00. The lowest BCUT2D eigenvalue weighted by Gasteiger charge is -2.16. The molecule has 0 bridgehead atoms. The molecular formula is C16H19ClN6O. The molecule has 1 aromatic heterocycles. The number of nitrogen functional groups attached to an aromatic ring is 1. The molecule has 1 amide bonds. The molecule has 0 radical (unpaired) electrons. The summed E-state index contributed by atoms with van der Waals surface area (Å²) in [5, 5.41) is 3.82. The van der Waals surface area contributed by atoms with E-state index in [1.807, 2.05) is 0 Å². The number of hydrogen-bond donors (Lipinski definition) is 4. The number of benzene rings is 1. The van der Waals surface area contributed by atoms with Gasteiger partial charge in [-0.1, -0.05) is 30.5 Å². The average Bonchev–Trinajstić information content (AvgIpc) is 3.08. The van der Waals surface area contributed by atoms with Crippen LogP contribution < -0.4 is 21.9 Å². The van der Waals surface area contributed by atoms with Crippen molar-refractivity contribution in [1.82, 2.24) is 15.4 Å². The molecule has 0 atom stereocenters. The maximum absolute atomic E-state index is 12.1. The third kappa shape index (κ3) is 3.86. The fourth-order valence-corrected chi connectivity index (χ4v) is 2.88.